The summed E-state index contributed by atoms with van der Waals surface area (Å²) < 4.78 is 11.7. The molecule has 3 rings (SSSR count). The molecular formula is C31H41N4O3+. The Bertz CT molecular complexity index is 1090. The zero-order valence-electron chi connectivity index (χ0n) is 22.1. The number of unbranched alkanes of at least 4 members (excludes halogenated alkanes) is 5. The molecule has 0 fully saturated rings. The molecule has 0 saturated heterocycles. The zero-order valence-corrected chi connectivity index (χ0v) is 22.1. The smallest absolute Gasteiger partial charge is 0.339 e. The van der Waals surface area contributed by atoms with Crippen LogP contribution < -0.4 is 31.3 Å². The van der Waals surface area contributed by atoms with Gasteiger partial charge in [0, 0.05) is 13.0 Å². The van der Waals surface area contributed by atoms with Crippen LogP contribution in [0.1, 0.15) is 49.7 Å². The molecule has 7 nitrogen and oxygen atoms in total. The molecule has 1 atom stereocenters. The molecule has 3 aromatic rings. The lowest BCUT2D eigenvalue weighted by Gasteiger charge is -2.12. The molecule has 0 aliphatic heterocycles. The number of benzene rings is 3. The van der Waals surface area contributed by atoms with Gasteiger partial charge in [0.15, 0.2) is 6.04 Å². The van der Waals surface area contributed by atoms with Crippen LogP contribution in [0, 0.1) is 0 Å². The van der Waals surface area contributed by atoms with Crippen molar-refractivity contribution in [2.45, 2.75) is 57.6 Å². The summed E-state index contributed by atoms with van der Waals surface area (Å²) in [5, 5.41) is 3.00. The summed E-state index contributed by atoms with van der Waals surface area (Å²) in [7, 11) is 0. The van der Waals surface area contributed by atoms with Crippen molar-refractivity contribution in [3.05, 3.63) is 96.1 Å². The molecule has 0 spiro atoms. The predicted molar refractivity (Wildman–Crippen MR) is 152 cm³/mol. The van der Waals surface area contributed by atoms with Gasteiger partial charge in [-0.25, -0.2) is 0 Å². The number of amides is 1. The Morgan fingerprint density at radius 3 is 1.89 bits per heavy atom. The van der Waals surface area contributed by atoms with Crippen molar-refractivity contribution in [2.24, 2.45) is 11.5 Å². The van der Waals surface area contributed by atoms with E-state index in [1.165, 1.54) is 0 Å². The number of carbonyl (C=O) groups excluding carboxylic acids is 1. The van der Waals surface area contributed by atoms with E-state index in [-0.39, 0.29) is 11.9 Å². The minimum atomic E-state index is -0.486. The Labute approximate surface area is 226 Å². The first-order valence-corrected chi connectivity index (χ1v) is 13.5. The molecule has 0 bridgehead atoms. The number of hydrogen-bond acceptors (Lipinski definition) is 3. The number of hydrogen-bond donors (Lipinski definition) is 4. The van der Waals surface area contributed by atoms with Gasteiger partial charge in [0.25, 0.3) is 5.91 Å². The van der Waals surface area contributed by atoms with E-state index in [4.69, 9.17) is 20.9 Å². The van der Waals surface area contributed by atoms with Crippen LogP contribution in [0.4, 0.5) is 0 Å². The number of guanidine groups is 1. The molecule has 1 amide bonds. The number of carbonyl (C=O) groups is 1. The van der Waals surface area contributed by atoms with Gasteiger partial charge in [-0.15, -0.1) is 0 Å². The SMILES string of the molecule is NC(N)=[NH+]C(Cc1ccccc1)C(=O)NCCCCCCCCOc1ccc(OCc2ccccc2)cc1. The summed E-state index contributed by atoms with van der Waals surface area (Å²) in [6.07, 6.45) is 6.98. The minimum Gasteiger partial charge on any atom is -0.494 e. The van der Waals surface area contributed by atoms with Gasteiger partial charge in [-0.05, 0) is 48.2 Å². The Kier molecular flexibility index (Phi) is 12.5. The van der Waals surface area contributed by atoms with E-state index in [0.29, 0.717) is 26.2 Å². The van der Waals surface area contributed by atoms with Crippen LogP contribution in [0.3, 0.4) is 0 Å². The molecule has 1 unspecified atom stereocenters. The van der Waals surface area contributed by atoms with Crippen molar-refractivity contribution in [1.82, 2.24) is 5.32 Å². The fourth-order valence-corrected chi connectivity index (χ4v) is 4.09. The van der Waals surface area contributed by atoms with Gasteiger partial charge < -0.3 is 14.8 Å². The molecule has 0 aliphatic carbocycles. The molecule has 0 saturated carbocycles. The van der Waals surface area contributed by atoms with Crippen molar-refractivity contribution in [3.8, 4) is 11.5 Å². The number of nitrogens with two attached hydrogens (primary N) is 2. The molecule has 0 heterocycles. The highest BCUT2D eigenvalue weighted by molar-refractivity contribution is 5.81. The van der Waals surface area contributed by atoms with Gasteiger partial charge in [-0.1, -0.05) is 86.3 Å². The van der Waals surface area contributed by atoms with Gasteiger partial charge >= 0.3 is 5.96 Å². The molecule has 38 heavy (non-hydrogen) atoms. The van der Waals surface area contributed by atoms with Crippen LogP contribution in [0.2, 0.25) is 0 Å². The monoisotopic (exact) mass is 517 g/mol. The van der Waals surface area contributed by atoms with E-state index in [1.54, 1.807) is 0 Å². The number of nitrogens with one attached hydrogen (secondary N) is 2. The first-order chi connectivity index (χ1) is 18.6. The maximum atomic E-state index is 12.6. The third-order valence-corrected chi connectivity index (χ3v) is 6.15. The third kappa shape index (κ3) is 11.4. The summed E-state index contributed by atoms with van der Waals surface area (Å²) in [4.78, 5) is 15.5. The van der Waals surface area contributed by atoms with E-state index >= 15 is 0 Å². The summed E-state index contributed by atoms with van der Waals surface area (Å²) in [5.41, 5.74) is 13.4. The second kappa shape index (κ2) is 16.7. The van der Waals surface area contributed by atoms with Gasteiger partial charge in [0.05, 0.1) is 6.61 Å². The second-order valence-electron chi connectivity index (χ2n) is 9.35. The predicted octanol–water partition coefficient (Wildman–Crippen LogP) is 3.07. The molecule has 3 aromatic carbocycles. The van der Waals surface area contributed by atoms with Crippen LogP contribution in [0.15, 0.2) is 84.9 Å². The van der Waals surface area contributed by atoms with Crippen molar-refractivity contribution in [2.75, 3.05) is 13.2 Å². The number of rotatable bonds is 17. The van der Waals surface area contributed by atoms with Crippen molar-refractivity contribution >= 4 is 11.9 Å². The molecule has 0 aliphatic rings. The molecule has 6 N–H and O–H groups in total. The lowest BCUT2D eigenvalue weighted by Crippen LogP contribution is -2.87. The molecule has 202 valence electrons. The van der Waals surface area contributed by atoms with Crippen LogP contribution in [0.25, 0.3) is 0 Å². The first-order valence-electron chi connectivity index (χ1n) is 13.5. The maximum Gasteiger partial charge on any atom is 0.339 e. The van der Waals surface area contributed by atoms with Crippen LogP contribution >= 0.6 is 0 Å². The summed E-state index contributed by atoms with van der Waals surface area (Å²) in [5.74, 6) is 1.66. The molecule has 0 radical (unpaired) electrons. The maximum absolute atomic E-state index is 12.6. The average molecular weight is 518 g/mol. The van der Waals surface area contributed by atoms with E-state index in [2.05, 4.69) is 22.4 Å². The summed E-state index contributed by atoms with van der Waals surface area (Å²) in [6.45, 7) is 1.91. The Morgan fingerprint density at radius 2 is 1.26 bits per heavy atom. The fourth-order valence-electron chi connectivity index (χ4n) is 4.09. The van der Waals surface area contributed by atoms with Crippen LogP contribution in [-0.2, 0) is 17.8 Å². The largest absolute Gasteiger partial charge is 0.494 e. The lowest BCUT2D eigenvalue weighted by atomic mass is 10.1. The Morgan fingerprint density at radius 1 is 0.711 bits per heavy atom. The molecule has 7 heteroatoms. The van der Waals surface area contributed by atoms with Gasteiger partial charge in [0.1, 0.15) is 18.1 Å². The molecular weight excluding hydrogens is 476 g/mol. The normalized spacial score (nSPS) is 11.4. The first kappa shape index (κ1) is 28.6. The van der Waals surface area contributed by atoms with E-state index in [9.17, 15) is 4.79 Å². The lowest BCUT2D eigenvalue weighted by molar-refractivity contribution is -0.489. The number of ether oxygens (including phenoxy) is 2. The quantitative estimate of drug-likeness (QED) is 0.125. The topological polar surface area (TPSA) is 114 Å². The fraction of sp³-hybridized carbons (Fsp3) is 0.355. The average Bonchev–Trinajstić information content (AvgIpc) is 2.94. The van der Waals surface area contributed by atoms with Crippen molar-refractivity contribution in [1.29, 1.82) is 0 Å². The van der Waals surface area contributed by atoms with Crippen LogP contribution in [-0.4, -0.2) is 31.1 Å². The third-order valence-electron chi connectivity index (χ3n) is 6.15. The highest BCUT2D eigenvalue weighted by Crippen LogP contribution is 2.19. The van der Waals surface area contributed by atoms with Gasteiger partial charge in [-0.3, -0.25) is 21.3 Å². The summed E-state index contributed by atoms with van der Waals surface area (Å²) in [6, 6.07) is 27.3. The van der Waals surface area contributed by atoms with Crippen LogP contribution in [0.5, 0.6) is 11.5 Å². The highest BCUT2D eigenvalue weighted by atomic mass is 16.5. The highest BCUT2D eigenvalue weighted by Gasteiger charge is 2.19. The van der Waals surface area contributed by atoms with Gasteiger partial charge in [-0.2, -0.15) is 0 Å². The standard InChI is InChI=1S/C31H40N4O3/c32-31(33)35-29(23-25-13-7-5-8-14-25)30(36)34-21-11-3-1-2-4-12-22-37-27-17-19-28(20-18-27)38-24-26-15-9-6-10-16-26/h5-10,13-20,29H,1-4,11-12,21-24H2,(H,34,36)(H4,32,33,35)/p+1. The minimum absolute atomic E-state index is 0.0509. The van der Waals surface area contributed by atoms with Crippen molar-refractivity contribution < 1.29 is 19.3 Å². The van der Waals surface area contributed by atoms with Crippen molar-refractivity contribution in [3.63, 3.8) is 0 Å². The summed E-state index contributed by atoms with van der Waals surface area (Å²) >= 11 is 0. The second-order valence-corrected chi connectivity index (χ2v) is 9.35. The Balaban J connectivity index is 1.20. The van der Waals surface area contributed by atoms with E-state index in [1.807, 2.05) is 72.8 Å². The van der Waals surface area contributed by atoms with E-state index in [0.717, 1.165) is 61.2 Å². The van der Waals surface area contributed by atoms with Gasteiger partial charge in [0.2, 0.25) is 0 Å². The Hall–Kier alpha value is -4.00. The van der Waals surface area contributed by atoms with E-state index < -0.39 is 6.04 Å². The molecule has 0 aromatic heterocycles. The zero-order chi connectivity index (χ0) is 26.8.